The Morgan fingerprint density at radius 1 is 1.16 bits per heavy atom. The number of anilines is 1. The second-order valence-corrected chi connectivity index (χ2v) is 4.10. The van der Waals surface area contributed by atoms with Gasteiger partial charge in [0.2, 0.25) is 5.95 Å². The topological polar surface area (TPSA) is 97.8 Å². The summed E-state index contributed by atoms with van der Waals surface area (Å²) in [6.07, 6.45) is 5.20. The summed E-state index contributed by atoms with van der Waals surface area (Å²) in [5.74, 6) is 0.201. The monoisotopic (exact) mass is 251 g/mol. The lowest BCUT2D eigenvalue weighted by atomic mass is 10.2. The van der Waals surface area contributed by atoms with Crippen LogP contribution in [0.4, 0.5) is 5.95 Å². The number of pyridine rings is 1. The number of nitrogen functional groups attached to an aromatic ring is 1. The average Bonchev–Trinajstić information content (AvgIpc) is 3.04. The lowest BCUT2D eigenvalue weighted by Crippen LogP contribution is -2.00. The first-order valence-electron chi connectivity index (χ1n) is 5.72. The van der Waals surface area contributed by atoms with Gasteiger partial charge in [-0.2, -0.15) is 4.98 Å². The zero-order chi connectivity index (χ0) is 12.8. The molecule has 0 aliphatic heterocycles. The van der Waals surface area contributed by atoms with E-state index in [0.29, 0.717) is 11.3 Å². The number of nitrogens with zero attached hydrogens (tertiary/aromatic N) is 5. The van der Waals surface area contributed by atoms with Crippen molar-refractivity contribution in [2.24, 2.45) is 0 Å². The molecule has 0 aromatic carbocycles. The smallest absolute Gasteiger partial charge is 0.222 e. The molecule has 0 amide bonds. The standard InChI is InChI=1S/C12H9N7/c13-12-17-9(10-11(18-12)16-6-15-10)7-2-1-3-8-14-4-5-19(7)8/h1-6H,(H3,13,15,16,17,18). The Morgan fingerprint density at radius 3 is 3.05 bits per heavy atom. The van der Waals surface area contributed by atoms with Crippen molar-refractivity contribution in [2.45, 2.75) is 0 Å². The summed E-state index contributed by atoms with van der Waals surface area (Å²) < 4.78 is 1.95. The van der Waals surface area contributed by atoms with Gasteiger partial charge in [-0.3, -0.25) is 4.40 Å². The summed E-state index contributed by atoms with van der Waals surface area (Å²) in [6.45, 7) is 0. The fourth-order valence-corrected chi connectivity index (χ4v) is 2.18. The minimum Gasteiger partial charge on any atom is -0.368 e. The highest BCUT2D eigenvalue weighted by Crippen LogP contribution is 2.24. The van der Waals surface area contributed by atoms with Crippen LogP contribution in [0.25, 0.3) is 28.2 Å². The molecule has 0 aliphatic carbocycles. The molecule has 7 heteroatoms. The minimum absolute atomic E-state index is 0.201. The van der Waals surface area contributed by atoms with E-state index in [1.54, 1.807) is 12.5 Å². The highest BCUT2D eigenvalue weighted by molar-refractivity contribution is 5.87. The van der Waals surface area contributed by atoms with Crippen molar-refractivity contribution in [3.05, 3.63) is 36.9 Å². The van der Waals surface area contributed by atoms with Crippen LogP contribution in [0.3, 0.4) is 0 Å². The number of nitrogens with one attached hydrogen (secondary N) is 1. The van der Waals surface area contributed by atoms with Crippen molar-refractivity contribution in [3.8, 4) is 11.4 Å². The predicted molar refractivity (Wildman–Crippen MR) is 70.3 cm³/mol. The quantitative estimate of drug-likeness (QED) is 0.530. The van der Waals surface area contributed by atoms with Crippen LogP contribution < -0.4 is 5.73 Å². The van der Waals surface area contributed by atoms with Crippen LogP contribution in [0.1, 0.15) is 0 Å². The molecule has 4 heterocycles. The van der Waals surface area contributed by atoms with Crippen LogP contribution >= 0.6 is 0 Å². The molecule has 0 fully saturated rings. The van der Waals surface area contributed by atoms with Crippen LogP contribution in [0.5, 0.6) is 0 Å². The van der Waals surface area contributed by atoms with E-state index in [0.717, 1.165) is 16.9 Å². The summed E-state index contributed by atoms with van der Waals surface area (Å²) in [6, 6.07) is 5.81. The van der Waals surface area contributed by atoms with E-state index in [1.165, 1.54) is 0 Å². The van der Waals surface area contributed by atoms with Gasteiger partial charge in [-0.15, -0.1) is 0 Å². The van der Waals surface area contributed by atoms with Gasteiger partial charge in [-0.25, -0.2) is 15.0 Å². The molecule has 7 nitrogen and oxygen atoms in total. The Morgan fingerprint density at radius 2 is 2.11 bits per heavy atom. The Kier molecular flexibility index (Phi) is 1.85. The maximum Gasteiger partial charge on any atom is 0.222 e. The van der Waals surface area contributed by atoms with E-state index in [9.17, 15) is 0 Å². The minimum atomic E-state index is 0.201. The molecular weight excluding hydrogens is 242 g/mol. The lowest BCUT2D eigenvalue weighted by molar-refractivity contribution is 1.15. The second kappa shape index (κ2) is 3.52. The molecule has 4 aromatic rings. The molecule has 0 unspecified atom stereocenters. The molecule has 3 N–H and O–H groups in total. The number of nitrogens with two attached hydrogens (primary N) is 1. The Hall–Kier alpha value is -2.96. The van der Waals surface area contributed by atoms with Crippen LogP contribution in [-0.4, -0.2) is 29.3 Å². The van der Waals surface area contributed by atoms with Gasteiger partial charge < -0.3 is 10.7 Å². The van der Waals surface area contributed by atoms with Crippen molar-refractivity contribution in [2.75, 3.05) is 5.73 Å². The van der Waals surface area contributed by atoms with Gasteiger partial charge >= 0.3 is 0 Å². The van der Waals surface area contributed by atoms with E-state index in [2.05, 4.69) is 24.9 Å². The number of rotatable bonds is 1. The molecule has 0 spiro atoms. The van der Waals surface area contributed by atoms with Gasteiger partial charge in [-0.1, -0.05) is 6.07 Å². The van der Waals surface area contributed by atoms with Gasteiger partial charge in [0.15, 0.2) is 5.65 Å². The number of hydrogen-bond donors (Lipinski definition) is 2. The number of H-pyrrole nitrogens is 1. The van der Waals surface area contributed by atoms with Gasteiger partial charge in [0.1, 0.15) is 16.9 Å². The van der Waals surface area contributed by atoms with Crippen molar-refractivity contribution in [1.82, 2.24) is 29.3 Å². The van der Waals surface area contributed by atoms with Crippen LogP contribution in [0, 0.1) is 0 Å². The number of imidazole rings is 2. The highest BCUT2D eigenvalue weighted by atomic mass is 15.1. The first-order valence-corrected chi connectivity index (χ1v) is 5.72. The molecule has 19 heavy (non-hydrogen) atoms. The SMILES string of the molecule is Nc1nc(-c2cccc3nccn23)c2[nH]cnc2n1. The number of fused-ring (bicyclic) bond motifs is 2. The number of aromatic nitrogens is 6. The molecule has 0 aliphatic rings. The maximum absolute atomic E-state index is 5.74. The molecule has 0 radical (unpaired) electrons. The summed E-state index contributed by atoms with van der Waals surface area (Å²) in [7, 11) is 0. The Balaban J connectivity index is 2.14. The average molecular weight is 251 g/mol. The molecule has 92 valence electrons. The van der Waals surface area contributed by atoms with E-state index in [1.807, 2.05) is 28.8 Å². The molecule has 4 rings (SSSR count). The zero-order valence-corrected chi connectivity index (χ0v) is 9.78. The van der Waals surface area contributed by atoms with Crippen molar-refractivity contribution in [1.29, 1.82) is 0 Å². The summed E-state index contributed by atoms with van der Waals surface area (Å²) in [5.41, 5.74) is 9.50. The normalized spacial score (nSPS) is 11.4. The molecule has 0 bridgehead atoms. The third-order valence-corrected chi connectivity index (χ3v) is 2.97. The second-order valence-electron chi connectivity index (χ2n) is 4.10. The summed E-state index contributed by atoms with van der Waals surface area (Å²) in [5, 5.41) is 0. The highest BCUT2D eigenvalue weighted by Gasteiger charge is 2.13. The molecular formula is C12H9N7. The van der Waals surface area contributed by atoms with E-state index < -0.39 is 0 Å². The first kappa shape index (κ1) is 10.0. The van der Waals surface area contributed by atoms with Crippen molar-refractivity contribution >= 4 is 22.8 Å². The zero-order valence-electron chi connectivity index (χ0n) is 9.78. The van der Waals surface area contributed by atoms with Gasteiger partial charge in [-0.05, 0) is 12.1 Å². The summed E-state index contributed by atoms with van der Waals surface area (Å²) in [4.78, 5) is 19.8. The Bertz CT molecular complexity index is 889. The fourth-order valence-electron chi connectivity index (χ4n) is 2.18. The first-order chi connectivity index (χ1) is 9.33. The molecule has 0 saturated heterocycles. The number of aromatic amines is 1. The van der Waals surface area contributed by atoms with Gasteiger partial charge in [0, 0.05) is 12.4 Å². The fraction of sp³-hybridized carbons (Fsp3) is 0. The molecule has 0 atom stereocenters. The van der Waals surface area contributed by atoms with Gasteiger partial charge in [0.05, 0.1) is 12.0 Å². The van der Waals surface area contributed by atoms with Gasteiger partial charge in [0.25, 0.3) is 0 Å². The third-order valence-electron chi connectivity index (χ3n) is 2.97. The van der Waals surface area contributed by atoms with E-state index >= 15 is 0 Å². The third kappa shape index (κ3) is 1.38. The number of hydrogen-bond acceptors (Lipinski definition) is 5. The lowest BCUT2D eigenvalue weighted by Gasteiger charge is -2.06. The Labute approximate surface area is 107 Å². The van der Waals surface area contributed by atoms with Crippen LogP contribution in [-0.2, 0) is 0 Å². The van der Waals surface area contributed by atoms with Crippen LogP contribution in [0.15, 0.2) is 36.9 Å². The van der Waals surface area contributed by atoms with Crippen LogP contribution in [0.2, 0.25) is 0 Å². The van der Waals surface area contributed by atoms with E-state index in [-0.39, 0.29) is 5.95 Å². The molecule has 0 saturated carbocycles. The van der Waals surface area contributed by atoms with Crippen molar-refractivity contribution in [3.63, 3.8) is 0 Å². The predicted octanol–water partition coefficient (Wildman–Crippen LogP) is 1.25. The maximum atomic E-state index is 5.74. The molecule has 4 aromatic heterocycles. The van der Waals surface area contributed by atoms with E-state index in [4.69, 9.17) is 5.73 Å². The summed E-state index contributed by atoms with van der Waals surface area (Å²) >= 11 is 0. The largest absolute Gasteiger partial charge is 0.368 e. The van der Waals surface area contributed by atoms with Crippen molar-refractivity contribution < 1.29 is 0 Å².